The molecule has 3 heteroatoms. The van der Waals surface area contributed by atoms with Crippen molar-refractivity contribution in [3.8, 4) is 17.1 Å². The summed E-state index contributed by atoms with van der Waals surface area (Å²) in [4.78, 5) is 0. The van der Waals surface area contributed by atoms with E-state index in [1.165, 1.54) is 28.0 Å². The molecule has 0 amide bonds. The Morgan fingerprint density at radius 3 is 2.37 bits per heavy atom. The van der Waals surface area contributed by atoms with E-state index in [0.29, 0.717) is 0 Å². The molecule has 3 nitrogen and oxygen atoms in total. The summed E-state index contributed by atoms with van der Waals surface area (Å²) in [7, 11) is 2.15. The molecule has 2 heterocycles. The predicted molar refractivity (Wildman–Crippen MR) is 122 cm³/mol. The topological polar surface area (TPSA) is 21.9 Å². The van der Waals surface area contributed by atoms with Crippen LogP contribution >= 0.6 is 0 Å². The van der Waals surface area contributed by atoms with Gasteiger partial charge in [-0.2, -0.15) is 4.57 Å². The Morgan fingerprint density at radius 1 is 0.733 bits per heavy atom. The number of fused-ring (bicyclic) bond motifs is 4. The fourth-order valence-electron chi connectivity index (χ4n) is 4.55. The SMILES string of the molecule is Cc1ccccc1-c1n(-c2ccc3oc4ccccc4c3c2)c2ccccc2[n+]1C. The molecule has 6 aromatic rings. The molecule has 0 aliphatic rings. The van der Waals surface area contributed by atoms with Crippen molar-refractivity contribution >= 4 is 33.0 Å². The highest BCUT2D eigenvalue weighted by molar-refractivity contribution is 6.05. The van der Waals surface area contributed by atoms with Gasteiger partial charge in [0.1, 0.15) is 16.9 Å². The molecule has 0 atom stereocenters. The molecule has 0 N–H and O–H groups in total. The third kappa shape index (κ3) is 2.35. The number of nitrogens with zero attached hydrogens (tertiary/aromatic N) is 2. The van der Waals surface area contributed by atoms with Crippen molar-refractivity contribution in [2.45, 2.75) is 6.92 Å². The Kier molecular flexibility index (Phi) is 3.59. The maximum absolute atomic E-state index is 6.06. The molecule has 6 rings (SSSR count). The third-order valence-corrected chi connectivity index (χ3v) is 6.02. The lowest BCUT2D eigenvalue weighted by Gasteiger charge is -2.06. The van der Waals surface area contributed by atoms with Crippen LogP contribution in [0.3, 0.4) is 0 Å². The van der Waals surface area contributed by atoms with Crippen LogP contribution in [0.5, 0.6) is 0 Å². The van der Waals surface area contributed by atoms with Gasteiger partial charge in [-0.25, -0.2) is 4.57 Å². The molecule has 0 saturated carbocycles. The number of rotatable bonds is 2. The monoisotopic (exact) mass is 389 g/mol. The van der Waals surface area contributed by atoms with Crippen LogP contribution in [0.15, 0.2) is 95.4 Å². The lowest BCUT2D eigenvalue weighted by Crippen LogP contribution is -2.30. The van der Waals surface area contributed by atoms with E-state index in [1.54, 1.807) is 0 Å². The van der Waals surface area contributed by atoms with Crippen molar-refractivity contribution in [2.24, 2.45) is 7.05 Å². The number of aryl methyl sites for hydroxylation is 2. The molecular formula is C27H21N2O+. The first kappa shape index (κ1) is 17.0. The Morgan fingerprint density at radius 2 is 1.47 bits per heavy atom. The second-order valence-corrected chi connectivity index (χ2v) is 7.80. The number of hydrogen-bond donors (Lipinski definition) is 0. The summed E-state index contributed by atoms with van der Waals surface area (Å²) < 4.78 is 10.7. The van der Waals surface area contributed by atoms with Crippen LogP contribution in [0.2, 0.25) is 0 Å². The van der Waals surface area contributed by atoms with Gasteiger partial charge in [-0.3, -0.25) is 0 Å². The molecule has 0 aliphatic heterocycles. The highest BCUT2D eigenvalue weighted by Crippen LogP contribution is 2.33. The van der Waals surface area contributed by atoms with Crippen LogP contribution in [0.4, 0.5) is 0 Å². The molecule has 0 saturated heterocycles. The minimum Gasteiger partial charge on any atom is -0.456 e. The number of aromatic nitrogens is 2. The highest BCUT2D eigenvalue weighted by Gasteiger charge is 2.27. The highest BCUT2D eigenvalue weighted by atomic mass is 16.3. The van der Waals surface area contributed by atoms with E-state index >= 15 is 0 Å². The van der Waals surface area contributed by atoms with Crippen molar-refractivity contribution in [1.29, 1.82) is 0 Å². The molecule has 30 heavy (non-hydrogen) atoms. The van der Waals surface area contributed by atoms with Crippen molar-refractivity contribution in [1.82, 2.24) is 4.57 Å². The molecule has 144 valence electrons. The summed E-state index contributed by atoms with van der Waals surface area (Å²) in [6, 6.07) is 31.9. The first-order valence-electron chi connectivity index (χ1n) is 10.2. The average molecular weight is 389 g/mol. The van der Waals surface area contributed by atoms with Gasteiger partial charge in [0, 0.05) is 10.8 Å². The van der Waals surface area contributed by atoms with Gasteiger partial charge in [0.05, 0.1) is 12.6 Å². The zero-order valence-electron chi connectivity index (χ0n) is 17.0. The van der Waals surface area contributed by atoms with Gasteiger partial charge in [0.25, 0.3) is 5.82 Å². The number of para-hydroxylation sites is 3. The van der Waals surface area contributed by atoms with Gasteiger partial charge < -0.3 is 4.42 Å². The maximum Gasteiger partial charge on any atom is 0.295 e. The zero-order valence-corrected chi connectivity index (χ0v) is 17.0. The van der Waals surface area contributed by atoms with Gasteiger partial charge in [0.15, 0.2) is 11.0 Å². The third-order valence-electron chi connectivity index (χ3n) is 6.02. The summed E-state index contributed by atoms with van der Waals surface area (Å²) in [5.74, 6) is 1.17. The Labute approximate surface area is 174 Å². The second-order valence-electron chi connectivity index (χ2n) is 7.80. The second kappa shape index (κ2) is 6.33. The minimum atomic E-state index is 0.915. The van der Waals surface area contributed by atoms with E-state index in [-0.39, 0.29) is 0 Å². The van der Waals surface area contributed by atoms with Crippen LogP contribution in [0, 0.1) is 6.92 Å². The Balaban J connectivity index is 1.73. The maximum atomic E-state index is 6.06. The quantitative estimate of drug-likeness (QED) is 0.317. The first-order valence-corrected chi connectivity index (χ1v) is 10.2. The van der Waals surface area contributed by atoms with Gasteiger partial charge >= 0.3 is 0 Å². The molecular weight excluding hydrogens is 368 g/mol. The first-order chi connectivity index (χ1) is 14.7. The standard InChI is InChI=1S/C27H21N2O/c1-18-9-3-4-10-20(18)27-28(2)23-12-6-7-13-24(23)29(27)19-15-16-26-22(17-19)21-11-5-8-14-25(21)30-26/h3-17H,1-2H3/q+1. The molecule has 0 fully saturated rings. The fourth-order valence-corrected chi connectivity index (χ4v) is 4.55. The number of benzene rings is 4. The molecule has 2 aromatic heterocycles. The summed E-state index contributed by atoms with van der Waals surface area (Å²) in [6.07, 6.45) is 0. The lowest BCUT2D eigenvalue weighted by atomic mass is 10.1. The van der Waals surface area contributed by atoms with Crippen molar-refractivity contribution in [3.63, 3.8) is 0 Å². The molecule has 0 unspecified atom stereocenters. The van der Waals surface area contributed by atoms with Crippen molar-refractivity contribution in [2.75, 3.05) is 0 Å². The predicted octanol–water partition coefficient (Wildman–Crippen LogP) is 6.33. The van der Waals surface area contributed by atoms with Gasteiger partial charge in [0.2, 0.25) is 0 Å². The summed E-state index contributed by atoms with van der Waals surface area (Å²) >= 11 is 0. The van der Waals surface area contributed by atoms with Crippen LogP contribution < -0.4 is 4.57 Å². The number of hydrogen-bond acceptors (Lipinski definition) is 1. The van der Waals surface area contributed by atoms with Crippen LogP contribution in [0.25, 0.3) is 50.0 Å². The minimum absolute atomic E-state index is 0.915. The smallest absolute Gasteiger partial charge is 0.295 e. The molecule has 4 aromatic carbocycles. The van der Waals surface area contributed by atoms with Crippen LogP contribution in [0.1, 0.15) is 5.56 Å². The van der Waals surface area contributed by atoms with E-state index in [4.69, 9.17) is 4.42 Å². The summed E-state index contributed by atoms with van der Waals surface area (Å²) in [5, 5.41) is 2.28. The number of furan rings is 1. The van der Waals surface area contributed by atoms with E-state index in [1.807, 2.05) is 12.1 Å². The van der Waals surface area contributed by atoms with Gasteiger partial charge in [-0.05, 0) is 55.0 Å². The van der Waals surface area contributed by atoms with E-state index in [2.05, 4.69) is 102 Å². The van der Waals surface area contributed by atoms with Crippen molar-refractivity contribution in [3.05, 3.63) is 96.6 Å². The molecule has 0 spiro atoms. The van der Waals surface area contributed by atoms with Crippen LogP contribution in [-0.2, 0) is 7.05 Å². The van der Waals surface area contributed by atoms with E-state index < -0.39 is 0 Å². The molecule has 0 aliphatic carbocycles. The molecule has 0 radical (unpaired) electrons. The number of imidazole rings is 1. The normalized spacial score (nSPS) is 11.7. The van der Waals surface area contributed by atoms with E-state index in [0.717, 1.165) is 27.6 Å². The van der Waals surface area contributed by atoms with E-state index in [9.17, 15) is 0 Å². The molecule has 0 bridgehead atoms. The summed E-state index contributed by atoms with van der Waals surface area (Å²) in [6.45, 7) is 2.17. The van der Waals surface area contributed by atoms with Crippen molar-refractivity contribution < 1.29 is 8.98 Å². The Hall–Kier alpha value is -3.85. The lowest BCUT2D eigenvalue weighted by molar-refractivity contribution is -0.633. The summed E-state index contributed by atoms with van der Waals surface area (Å²) in [5.41, 5.74) is 7.84. The Bertz CT molecular complexity index is 1570. The zero-order chi connectivity index (χ0) is 20.2. The largest absolute Gasteiger partial charge is 0.456 e. The average Bonchev–Trinajstić information content (AvgIpc) is 3.29. The fraction of sp³-hybridized carbons (Fsp3) is 0.0741. The van der Waals surface area contributed by atoms with Crippen LogP contribution in [-0.4, -0.2) is 4.57 Å². The van der Waals surface area contributed by atoms with Gasteiger partial charge in [-0.15, -0.1) is 0 Å². The van der Waals surface area contributed by atoms with Gasteiger partial charge in [-0.1, -0.05) is 48.5 Å².